The quantitative estimate of drug-likeness (QED) is 0.514. The maximum Gasteiger partial charge on any atom is 0.273 e. The van der Waals surface area contributed by atoms with Crippen molar-refractivity contribution >= 4 is 28.9 Å². The summed E-state index contributed by atoms with van der Waals surface area (Å²) in [6.45, 7) is -0.103. The van der Waals surface area contributed by atoms with Crippen molar-refractivity contribution in [3.05, 3.63) is 58.1 Å². The predicted molar refractivity (Wildman–Crippen MR) is 96.6 cm³/mol. The molecule has 0 unspecified atom stereocenters. The minimum atomic E-state index is -0.550. The van der Waals surface area contributed by atoms with E-state index < -0.39 is 10.8 Å². The largest absolute Gasteiger partial charge is 0.494 e. The molecule has 0 aliphatic carbocycles. The van der Waals surface area contributed by atoms with E-state index in [0.717, 1.165) is 0 Å². The number of nitrogens with zero attached hydrogens (tertiary/aromatic N) is 1. The van der Waals surface area contributed by atoms with Crippen molar-refractivity contribution in [2.75, 3.05) is 31.3 Å². The van der Waals surface area contributed by atoms with Gasteiger partial charge in [0.1, 0.15) is 5.75 Å². The molecule has 0 fully saturated rings. The van der Waals surface area contributed by atoms with Crippen LogP contribution < -0.4 is 20.7 Å². The summed E-state index contributed by atoms with van der Waals surface area (Å²) in [6.07, 6.45) is 0. The average Bonchev–Trinajstić information content (AvgIpc) is 2.66. The van der Waals surface area contributed by atoms with E-state index in [-0.39, 0.29) is 23.9 Å². The summed E-state index contributed by atoms with van der Waals surface area (Å²) < 4.78 is 5.07. The molecule has 26 heavy (non-hydrogen) atoms. The molecule has 0 saturated carbocycles. The molecule has 0 aromatic heterocycles. The predicted octanol–water partition coefficient (Wildman–Crippen LogP) is 2.01. The highest BCUT2D eigenvalue weighted by atomic mass is 16.6. The molecule has 0 radical (unpaired) electrons. The maximum atomic E-state index is 12.2. The number of nitrogens with one attached hydrogen (secondary N) is 3. The fraction of sp³-hybridized carbons (Fsp3) is 0.176. The van der Waals surface area contributed by atoms with Gasteiger partial charge in [0.2, 0.25) is 5.91 Å². The second-order valence-corrected chi connectivity index (χ2v) is 5.17. The topological polar surface area (TPSA) is 123 Å². The lowest BCUT2D eigenvalue weighted by atomic mass is 10.1. The first-order valence-corrected chi connectivity index (χ1v) is 7.63. The Balaban J connectivity index is 2.06. The lowest BCUT2D eigenvalue weighted by Crippen LogP contribution is -2.24. The van der Waals surface area contributed by atoms with Gasteiger partial charge in [-0.1, -0.05) is 12.1 Å². The Morgan fingerprint density at radius 2 is 1.88 bits per heavy atom. The number of carbonyl (C=O) groups excluding carboxylic acids is 2. The van der Waals surface area contributed by atoms with E-state index in [1.807, 2.05) is 0 Å². The lowest BCUT2D eigenvalue weighted by Gasteiger charge is -2.13. The Kier molecular flexibility index (Phi) is 6.10. The van der Waals surface area contributed by atoms with Gasteiger partial charge in [-0.3, -0.25) is 19.7 Å². The summed E-state index contributed by atoms with van der Waals surface area (Å²) in [5.41, 5.74) is 1.09. The molecule has 0 saturated heterocycles. The molecule has 0 aliphatic rings. The van der Waals surface area contributed by atoms with Crippen molar-refractivity contribution in [2.45, 2.75) is 0 Å². The number of anilines is 2. The third-order valence-electron chi connectivity index (χ3n) is 3.51. The molecular weight excluding hydrogens is 340 g/mol. The number of benzene rings is 2. The average molecular weight is 358 g/mol. The Morgan fingerprint density at radius 3 is 2.54 bits per heavy atom. The van der Waals surface area contributed by atoms with Crippen LogP contribution in [0, 0.1) is 10.1 Å². The highest BCUT2D eigenvalue weighted by Crippen LogP contribution is 2.28. The van der Waals surface area contributed by atoms with E-state index in [1.54, 1.807) is 24.3 Å². The molecule has 0 spiro atoms. The van der Waals surface area contributed by atoms with Crippen LogP contribution in [-0.4, -0.2) is 37.4 Å². The van der Waals surface area contributed by atoms with Gasteiger partial charge in [0.15, 0.2) is 0 Å². The lowest BCUT2D eigenvalue weighted by molar-refractivity contribution is -0.384. The first-order valence-electron chi connectivity index (χ1n) is 7.63. The van der Waals surface area contributed by atoms with Gasteiger partial charge >= 0.3 is 0 Å². The van der Waals surface area contributed by atoms with Crippen LogP contribution in [0.3, 0.4) is 0 Å². The zero-order valence-corrected chi connectivity index (χ0v) is 14.2. The minimum absolute atomic E-state index is 0.103. The smallest absolute Gasteiger partial charge is 0.273 e. The molecule has 2 aromatic carbocycles. The molecule has 136 valence electrons. The van der Waals surface area contributed by atoms with Crippen LogP contribution in [0.5, 0.6) is 5.75 Å². The van der Waals surface area contributed by atoms with Gasteiger partial charge in [-0.25, -0.2) is 0 Å². The van der Waals surface area contributed by atoms with E-state index >= 15 is 0 Å². The number of para-hydroxylation sites is 1. The third-order valence-corrected chi connectivity index (χ3v) is 3.51. The summed E-state index contributed by atoms with van der Waals surface area (Å²) in [5, 5.41) is 18.8. The van der Waals surface area contributed by atoms with Gasteiger partial charge in [0.05, 0.1) is 35.9 Å². The van der Waals surface area contributed by atoms with E-state index in [1.165, 1.54) is 32.4 Å². The van der Waals surface area contributed by atoms with E-state index in [2.05, 4.69) is 16.0 Å². The van der Waals surface area contributed by atoms with Gasteiger partial charge in [-0.05, 0) is 18.2 Å². The number of hydrogen-bond acceptors (Lipinski definition) is 6. The molecule has 9 heteroatoms. The first-order chi connectivity index (χ1) is 12.5. The summed E-state index contributed by atoms with van der Waals surface area (Å²) in [7, 11) is 2.87. The first kappa shape index (κ1) is 18.7. The summed E-state index contributed by atoms with van der Waals surface area (Å²) >= 11 is 0. The van der Waals surface area contributed by atoms with Crippen LogP contribution in [0.25, 0.3) is 0 Å². The molecule has 3 N–H and O–H groups in total. The molecule has 2 aromatic rings. The highest BCUT2D eigenvalue weighted by Gasteiger charge is 2.14. The van der Waals surface area contributed by atoms with E-state index in [9.17, 15) is 19.7 Å². The minimum Gasteiger partial charge on any atom is -0.494 e. The van der Waals surface area contributed by atoms with Gasteiger partial charge in [0.25, 0.3) is 11.6 Å². The Morgan fingerprint density at radius 1 is 1.15 bits per heavy atom. The van der Waals surface area contributed by atoms with Crippen molar-refractivity contribution < 1.29 is 19.2 Å². The second-order valence-electron chi connectivity index (χ2n) is 5.17. The standard InChI is InChI=1S/C17H18N4O5/c1-18-17(23)12-5-3-4-6-13(12)19-10-16(22)20-14-8-7-11(21(24)25)9-15(14)26-2/h3-9,19H,10H2,1-2H3,(H,18,23)(H,20,22). The number of nitro benzene ring substituents is 1. The van der Waals surface area contributed by atoms with Crippen LogP contribution in [0.4, 0.5) is 17.1 Å². The van der Waals surface area contributed by atoms with E-state index in [0.29, 0.717) is 16.9 Å². The van der Waals surface area contributed by atoms with Crippen LogP contribution in [0.1, 0.15) is 10.4 Å². The molecule has 9 nitrogen and oxygen atoms in total. The number of hydrogen-bond donors (Lipinski definition) is 3. The number of nitro groups is 1. The number of non-ortho nitro benzene ring substituents is 1. The van der Waals surface area contributed by atoms with Gasteiger partial charge in [-0.2, -0.15) is 0 Å². The van der Waals surface area contributed by atoms with Gasteiger partial charge in [0, 0.05) is 18.8 Å². The van der Waals surface area contributed by atoms with Crippen molar-refractivity contribution in [3.8, 4) is 5.75 Å². The molecule has 2 amide bonds. The molecule has 0 bridgehead atoms. The fourth-order valence-electron chi connectivity index (χ4n) is 2.24. The molecule has 0 aliphatic heterocycles. The SMILES string of the molecule is CNC(=O)c1ccccc1NCC(=O)Nc1ccc([N+](=O)[O-])cc1OC. The zero-order chi connectivity index (χ0) is 19.1. The number of rotatable bonds is 7. The zero-order valence-electron chi connectivity index (χ0n) is 14.2. The van der Waals surface area contributed by atoms with Crippen LogP contribution >= 0.6 is 0 Å². The number of methoxy groups -OCH3 is 1. The Hall–Kier alpha value is -3.62. The molecule has 0 heterocycles. The Bertz CT molecular complexity index is 838. The maximum absolute atomic E-state index is 12.2. The molecular formula is C17H18N4O5. The van der Waals surface area contributed by atoms with Gasteiger partial charge in [-0.15, -0.1) is 0 Å². The second kappa shape index (κ2) is 8.47. The number of amides is 2. The van der Waals surface area contributed by atoms with Crippen molar-refractivity contribution in [2.24, 2.45) is 0 Å². The normalized spacial score (nSPS) is 9.92. The molecule has 2 rings (SSSR count). The summed E-state index contributed by atoms with van der Waals surface area (Å²) in [4.78, 5) is 34.2. The third kappa shape index (κ3) is 4.47. The van der Waals surface area contributed by atoms with Crippen LogP contribution in [-0.2, 0) is 4.79 Å². The van der Waals surface area contributed by atoms with Crippen molar-refractivity contribution in [3.63, 3.8) is 0 Å². The monoisotopic (exact) mass is 358 g/mol. The summed E-state index contributed by atoms with van der Waals surface area (Å²) in [5.74, 6) is -0.493. The molecule has 0 atom stereocenters. The van der Waals surface area contributed by atoms with Crippen molar-refractivity contribution in [1.29, 1.82) is 0 Å². The van der Waals surface area contributed by atoms with Gasteiger partial charge < -0.3 is 20.7 Å². The van der Waals surface area contributed by atoms with E-state index in [4.69, 9.17) is 4.74 Å². The number of carbonyl (C=O) groups is 2. The Labute approximate surface area is 149 Å². The van der Waals surface area contributed by atoms with Crippen LogP contribution in [0.2, 0.25) is 0 Å². The fourth-order valence-corrected chi connectivity index (χ4v) is 2.24. The summed E-state index contributed by atoms with van der Waals surface area (Å²) in [6, 6.07) is 10.7. The van der Waals surface area contributed by atoms with Crippen LogP contribution in [0.15, 0.2) is 42.5 Å². The number of ether oxygens (including phenoxy) is 1. The highest BCUT2D eigenvalue weighted by molar-refractivity contribution is 6.01. The van der Waals surface area contributed by atoms with Crippen molar-refractivity contribution in [1.82, 2.24) is 5.32 Å².